The van der Waals surface area contributed by atoms with Crippen molar-refractivity contribution in [1.29, 1.82) is 0 Å². The van der Waals surface area contributed by atoms with Crippen molar-refractivity contribution in [3.05, 3.63) is 59.9 Å². The van der Waals surface area contributed by atoms with Crippen LogP contribution in [0.4, 0.5) is 10.5 Å². The van der Waals surface area contributed by atoms with Gasteiger partial charge < -0.3 is 10.2 Å². The summed E-state index contributed by atoms with van der Waals surface area (Å²) in [5, 5.41) is 2.95. The number of nitrogens with one attached hydrogen (secondary N) is 1. The van der Waals surface area contributed by atoms with Crippen LogP contribution in [0.3, 0.4) is 0 Å². The third-order valence-electron chi connectivity index (χ3n) is 5.28. The van der Waals surface area contributed by atoms with Gasteiger partial charge in [-0.2, -0.15) is 0 Å². The number of rotatable bonds is 6. The molecule has 3 rings (SSSR count). The Labute approximate surface area is 166 Å². The van der Waals surface area contributed by atoms with E-state index in [9.17, 15) is 9.59 Å². The van der Waals surface area contributed by atoms with Crippen molar-refractivity contribution in [2.75, 3.05) is 25.0 Å². The summed E-state index contributed by atoms with van der Waals surface area (Å²) in [7, 11) is 0. The second-order valence-electron chi connectivity index (χ2n) is 7.22. The Balaban J connectivity index is 1.59. The number of amides is 2. The molecule has 0 spiro atoms. The molecule has 6 nitrogen and oxygen atoms in total. The van der Waals surface area contributed by atoms with Gasteiger partial charge in [0.15, 0.2) is 5.78 Å². The molecule has 1 aliphatic heterocycles. The van der Waals surface area contributed by atoms with E-state index in [-0.39, 0.29) is 11.8 Å². The number of aromatic nitrogens is 1. The molecule has 2 amide bonds. The number of Topliss-reactive ketones (excluding diaryl/α,β-unsaturated/α-hetero) is 1. The molecule has 2 heterocycles. The van der Waals surface area contributed by atoms with Gasteiger partial charge >= 0.3 is 6.03 Å². The molecule has 1 saturated heterocycles. The number of likely N-dealkylation sites (tertiary alicyclic amines) is 1. The number of carbonyl (C=O) groups excluding carboxylic acids is 2. The number of carbonyl (C=O) groups is 2. The lowest BCUT2D eigenvalue weighted by molar-refractivity contribution is 0.101. The third-order valence-corrected chi connectivity index (χ3v) is 5.28. The smallest absolute Gasteiger partial charge is 0.321 e. The van der Waals surface area contributed by atoms with Gasteiger partial charge in [-0.1, -0.05) is 6.92 Å². The molecule has 0 bridgehead atoms. The van der Waals surface area contributed by atoms with Crippen LogP contribution < -0.4 is 5.32 Å². The summed E-state index contributed by atoms with van der Waals surface area (Å²) < 4.78 is 0. The lowest BCUT2D eigenvalue weighted by Gasteiger charge is -2.39. The summed E-state index contributed by atoms with van der Waals surface area (Å²) in [4.78, 5) is 32.5. The molecule has 1 fully saturated rings. The van der Waals surface area contributed by atoms with Crippen molar-refractivity contribution in [3.8, 4) is 0 Å². The Morgan fingerprint density at radius 1 is 1.18 bits per heavy atom. The fraction of sp³-hybridized carbons (Fsp3) is 0.409. The molecule has 1 aliphatic rings. The first-order chi connectivity index (χ1) is 13.6. The Morgan fingerprint density at radius 2 is 1.89 bits per heavy atom. The van der Waals surface area contributed by atoms with E-state index < -0.39 is 0 Å². The van der Waals surface area contributed by atoms with Crippen molar-refractivity contribution in [3.63, 3.8) is 0 Å². The maximum absolute atomic E-state index is 12.7. The number of hydrogen-bond acceptors (Lipinski definition) is 4. The number of urea groups is 1. The highest BCUT2D eigenvalue weighted by Gasteiger charge is 2.27. The lowest BCUT2D eigenvalue weighted by atomic mass is 10.0. The van der Waals surface area contributed by atoms with Crippen molar-refractivity contribution < 1.29 is 9.59 Å². The van der Waals surface area contributed by atoms with Gasteiger partial charge in [-0.15, -0.1) is 0 Å². The van der Waals surface area contributed by atoms with E-state index in [2.05, 4.69) is 22.1 Å². The SMILES string of the molecule is CCN(Cc1ccncc1)C1CCCN(C(=O)Nc2ccc(C(C)=O)cc2)C1. The van der Waals surface area contributed by atoms with Crippen LogP contribution in [-0.4, -0.2) is 52.3 Å². The molecule has 1 unspecified atom stereocenters. The predicted molar refractivity (Wildman–Crippen MR) is 110 cm³/mol. The maximum atomic E-state index is 12.7. The largest absolute Gasteiger partial charge is 0.323 e. The zero-order chi connectivity index (χ0) is 19.9. The fourth-order valence-electron chi connectivity index (χ4n) is 3.65. The topological polar surface area (TPSA) is 65.5 Å². The van der Waals surface area contributed by atoms with E-state index in [0.29, 0.717) is 17.3 Å². The number of benzene rings is 1. The van der Waals surface area contributed by atoms with Crippen LogP contribution in [0.15, 0.2) is 48.8 Å². The zero-order valence-electron chi connectivity index (χ0n) is 16.6. The van der Waals surface area contributed by atoms with E-state index in [1.807, 2.05) is 29.4 Å². The molecule has 1 N–H and O–H groups in total. The molecule has 0 radical (unpaired) electrons. The predicted octanol–water partition coefficient (Wildman–Crippen LogP) is 3.80. The number of piperidine rings is 1. The van der Waals surface area contributed by atoms with E-state index in [4.69, 9.17) is 0 Å². The number of nitrogens with zero attached hydrogens (tertiary/aromatic N) is 3. The Morgan fingerprint density at radius 3 is 2.54 bits per heavy atom. The number of anilines is 1. The van der Waals surface area contributed by atoms with E-state index in [1.165, 1.54) is 12.5 Å². The highest BCUT2D eigenvalue weighted by Crippen LogP contribution is 2.19. The molecule has 1 atom stereocenters. The number of likely N-dealkylation sites (N-methyl/N-ethyl adjacent to an activating group) is 1. The van der Waals surface area contributed by atoms with Crippen LogP contribution in [-0.2, 0) is 6.54 Å². The number of pyridine rings is 1. The summed E-state index contributed by atoms with van der Waals surface area (Å²) in [6, 6.07) is 11.4. The van der Waals surface area contributed by atoms with Crippen LogP contribution in [0.5, 0.6) is 0 Å². The minimum atomic E-state index is -0.0831. The van der Waals surface area contributed by atoms with Gasteiger partial charge in [0.2, 0.25) is 0 Å². The summed E-state index contributed by atoms with van der Waals surface area (Å²) in [5.41, 5.74) is 2.59. The second-order valence-corrected chi connectivity index (χ2v) is 7.22. The van der Waals surface area contributed by atoms with E-state index in [1.54, 1.807) is 24.3 Å². The lowest BCUT2D eigenvalue weighted by Crippen LogP contribution is -2.50. The van der Waals surface area contributed by atoms with Gasteiger partial charge in [0.25, 0.3) is 0 Å². The highest BCUT2D eigenvalue weighted by molar-refractivity contribution is 5.95. The first-order valence-electron chi connectivity index (χ1n) is 9.86. The van der Waals surface area contributed by atoms with Crippen LogP contribution in [0, 0.1) is 0 Å². The van der Waals surface area contributed by atoms with Crippen molar-refractivity contribution in [2.24, 2.45) is 0 Å². The minimum Gasteiger partial charge on any atom is -0.323 e. The van der Waals surface area contributed by atoms with Crippen LogP contribution in [0.2, 0.25) is 0 Å². The average Bonchev–Trinajstić information content (AvgIpc) is 2.73. The van der Waals surface area contributed by atoms with Gasteiger partial charge in [0, 0.05) is 49.3 Å². The van der Waals surface area contributed by atoms with Gasteiger partial charge in [-0.05, 0) is 68.3 Å². The van der Waals surface area contributed by atoms with E-state index in [0.717, 1.165) is 39.0 Å². The maximum Gasteiger partial charge on any atom is 0.321 e. The number of ketones is 1. The van der Waals surface area contributed by atoms with Crippen LogP contribution >= 0.6 is 0 Å². The second kappa shape index (κ2) is 9.46. The summed E-state index contributed by atoms with van der Waals surface area (Å²) in [6.07, 6.45) is 5.73. The van der Waals surface area contributed by atoms with Gasteiger partial charge in [-0.3, -0.25) is 14.7 Å². The first kappa shape index (κ1) is 20.0. The van der Waals surface area contributed by atoms with E-state index >= 15 is 0 Å². The molecule has 0 saturated carbocycles. The molecule has 6 heteroatoms. The fourth-order valence-corrected chi connectivity index (χ4v) is 3.65. The molecular weight excluding hydrogens is 352 g/mol. The monoisotopic (exact) mass is 380 g/mol. The van der Waals surface area contributed by atoms with Crippen LogP contribution in [0.25, 0.3) is 0 Å². The number of hydrogen-bond donors (Lipinski definition) is 1. The van der Waals surface area contributed by atoms with Crippen LogP contribution in [0.1, 0.15) is 42.6 Å². The zero-order valence-corrected chi connectivity index (χ0v) is 16.6. The molecule has 1 aromatic carbocycles. The first-order valence-corrected chi connectivity index (χ1v) is 9.86. The third kappa shape index (κ3) is 5.16. The summed E-state index contributed by atoms with van der Waals surface area (Å²) in [5.74, 6) is 0.0191. The highest BCUT2D eigenvalue weighted by atomic mass is 16.2. The molecule has 0 aliphatic carbocycles. The Kier molecular flexibility index (Phi) is 6.76. The minimum absolute atomic E-state index is 0.0191. The van der Waals surface area contributed by atoms with Gasteiger partial charge in [0.1, 0.15) is 0 Å². The Bertz CT molecular complexity index is 792. The molecule has 28 heavy (non-hydrogen) atoms. The van der Waals surface area contributed by atoms with Crippen molar-refractivity contribution >= 4 is 17.5 Å². The molecule has 148 valence electrons. The quantitative estimate of drug-likeness (QED) is 0.774. The average molecular weight is 380 g/mol. The van der Waals surface area contributed by atoms with Crippen molar-refractivity contribution in [2.45, 2.75) is 39.3 Å². The summed E-state index contributed by atoms with van der Waals surface area (Å²) in [6.45, 7) is 6.99. The van der Waals surface area contributed by atoms with Gasteiger partial charge in [-0.25, -0.2) is 4.79 Å². The molecular formula is C22H28N4O2. The van der Waals surface area contributed by atoms with Gasteiger partial charge in [0.05, 0.1) is 0 Å². The Hall–Kier alpha value is -2.73. The molecule has 2 aromatic rings. The normalized spacial score (nSPS) is 16.8. The van der Waals surface area contributed by atoms with Crippen molar-refractivity contribution in [1.82, 2.24) is 14.8 Å². The molecule has 1 aromatic heterocycles. The standard InChI is InChI=1S/C22H28N4O2/c1-3-25(15-18-10-12-23-13-11-18)21-5-4-14-26(16-21)22(28)24-20-8-6-19(7-9-20)17(2)27/h6-13,21H,3-5,14-16H2,1-2H3,(H,24,28). The summed E-state index contributed by atoms with van der Waals surface area (Å²) >= 11 is 0.